The van der Waals surface area contributed by atoms with Crippen LogP contribution in [0.25, 0.3) is 0 Å². The van der Waals surface area contributed by atoms with Crippen LogP contribution in [-0.4, -0.2) is 57.2 Å². The molecule has 0 saturated carbocycles. The van der Waals surface area contributed by atoms with Gasteiger partial charge in [0.25, 0.3) is 0 Å². The van der Waals surface area contributed by atoms with E-state index in [1.165, 1.54) is 16.7 Å². The van der Waals surface area contributed by atoms with Gasteiger partial charge in [-0.3, -0.25) is 4.90 Å². The Labute approximate surface area is 118 Å². The molecule has 2 amide bonds. The van der Waals surface area contributed by atoms with Gasteiger partial charge in [0, 0.05) is 12.3 Å². The van der Waals surface area contributed by atoms with Crippen molar-refractivity contribution in [1.29, 1.82) is 0 Å². The van der Waals surface area contributed by atoms with Crippen molar-refractivity contribution >= 4 is 23.8 Å². The van der Waals surface area contributed by atoms with Crippen molar-refractivity contribution in [3.8, 4) is 12.3 Å². The molecule has 1 fully saturated rings. The van der Waals surface area contributed by atoms with Gasteiger partial charge in [-0.05, 0) is 12.8 Å². The quantitative estimate of drug-likeness (QED) is 0.780. The molecule has 0 spiro atoms. The summed E-state index contributed by atoms with van der Waals surface area (Å²) in [4.78, 5) is 26.8. The summed E-state index contributed by atoms with van der Waals surface area (Å²) in [5, 5.41) is 9.14. The number of aliphatic carboxylic acids is 1. The lowest BCUT2D eigenvalue weighted by atomic mass is 10.2. The first-order valence-corrected chi connectivity index (χ1v) is 7.46. The summed E-state index contributed by atoms with van der Waals surface area (Å²) in [6.07, 6.45) is 6.80. The SMILES string of the molecule is C#CCN(CCC)C(=O)N1C(CC)SCC1C(=O)O. The molecule has 0 aromatic heterocycles. The maximum Gasteiger partial charge on any atom is 0.327 e. The highest BCUT2D eigenvalue weighted by Crippen LogP contribution is 2.32. The van der Waals surface area contributed by atoms with Crippen LogP contribution in [0, 0.1) is 12.3 Å². The minimum atomic E-state index is -0.950. The second-order valence-corrected chi connectivity index (χ2v) is 5.58. The van der Waals surface area contributed by atoms with Gasteiger partial charge in [-0.2, -0.15) is 0 Å². The van der Waals surface area contributed by atoms with Crippen LogP contribution >= 0.6 is 11.8 Å². The third kappa shape index (κ3) is 3.57. The first-order chi connectivity index (χ1) is 9.06. The van der Waals surface area contributed by atoms with Crippen LogP contribution in [0.2, 0.25) is 0 Å². The van der Waals surface area contributed by atoms with E-state index in [2.05, 4.69) is 5.92 Å². The van der Waals surface area contributed by atoms with Gasteiger partial charge in [-0.25, -0.2) is 9.59 Å². The van der Waals surface area contributed by atoms with E-state index in [9.17, 15) is 14.7 Å². The van der Waals surface area contributed by atoms with E-state index in [0.717, 1.165) is 12.8 Å². The molecule has 0 bridgehead atoms. The van der Waals surface area contributed by atoms with Gasteiger partial charge in [0.1, 0.15) is 6.04 Å². The maximum absolute atomic E-state index is 12.5. The van der Waals surface area contributed by atoms with Gasteiger partial charge in [0.15, 0.2) is 0 Å². The summed E-state index contributed by atoms with van der Waals surface area (Å²) in [5.41, 5.74) is 0. The zero-order valence-electron chi connectivity index (χ0n) is 11.3. The Hall–Kier alpha value is -1.35. The predicted octanol–water partition coefficient (Wildman–Crippen LogP) is 1.69. The van der Waals surface area contributed by atoms with E-state index in [4.69, 9.17) is 6.42 Å². The van der Waals surface area contributed by atoms with Crippen LogP contribution in [0.5, 0.6) is 0 Å². The first kappa shape index (κ1) is 15.7. The summed E-state index contributed by atoms with van der Waals surface area (Å²) in [7, 11) is 0. The molecular weight excluding hydrogens is 264 g/mol. The Balaban J connectivity index is 2.90. The average Bonchev–Trinajstić information content (AvgIpc) is 2.81. The van der Waals surface area contributed by atoms with Crippen LogP contribution in [0.4, 0.5) is 4.79 Å². The summed E-state index contributed by atoms with van der Waals surface area (Å²) in [5.74, 6) is 1.95. The van der Waals surface area contributed by atoms with Gasteiger partial charge in [-0.1, -0.05) is 19.8 Å². The zero-order valence-corrected chi connectivity index (χ0v) is 12.2. The number of carboxylic acid groups (broad SMARTS) is 1. The van der Waals surface area contributed by atoms with E-state index in [1.54, 1.807) is 4.90 Å². The minimum absolute atomic E-state index is 0.0780. The predicted molar refractivity (Wildman–Crippen MR) is 75.9 cm³/mol. The van der Waals surface area contributed by atoms with E-state index in [1.807, 2.05) is 13.8 Å². The number of carbonyl (C=O) groups excluding carboxylic acids is 1. The first-order valence-electron chi connectivity index (χ1n) is 6.41. The van der Waals surface area contributed by atoms with Crippen LogP contribution < -0.4 is 0 Å². The third-order valence-electron chi connectivity index (χ3n) is 2.99. The van der Waals surface area contributed by atoms with Gasteiger partial charge in [0.05, 0.1) is 11.9 Å². The second kappa shape index (κ2) is 7.29. The lowest BCUT2D eigenvalue weighted by molar-refractivity contribution is -0.141. The molecule has 1 saturated heterocycles. The molecule has 5 nitrogen and oxygen atoms in total. The Morgan fingerprint density at radius 3 is 2.68 bits per heavy atom. The van der Waals surface area contributed by atoms with Crippen molar-refractivity contribution < 1.29 is 14.7 Å². The van der Waals surface area contributed by atoms with Gasteiger partial charge in [-0.15, -0.1) is 18.2 Å². The number of rotatable bonds is 5. The third-order valence-corrected chi connectivity index (χ3v) is 4.45. The number of carbonyl (C=O) groups is 2. The smallest absolute Gasteiger partial charge is 0.327 e. The van der Waals surface area contributed by atoms with Crippen molar-refractivity contribution in [3.05, 3.63) is 0 Å². The number of carboxylic acids is 1. The highest BCUT2D eigenvalue weighted by Gasteiger charge is 2.42. The molecule has 1 N–H and O–H groups in total. The molecule has 6 heteroatoms. The molecule has 1 rings (SSSR count). The summed E-state index contributed by atoms with van der Waals surface area (Å²) in [6.45, 7) is 4.68. The fourth-order valence-corrected chi connectivity index (χ4v) is 3.45. The lowest BCUT2D eigenvalue weighted by Crippen LogP contribution is -2.51. The number of hydrogen-bond acceptors (Lipinski definition) is 3. The van der Waals surface area contributed by atoms with E-state index < -0.39 is 12.0 Å². The Morgan fingerprint density at radius 1 is 1.53 bits per heavy atom. The Morgan fingerprint density at radius 2 is 2.21 bits per heavy atom. The number of nitrogens with zero attached hydrogens (tertiary/aromatic N) is 2. The van der Waals surface area contributed by atoms with Crippen LogP contribution in [-0.2, 0) is 4.79 Å². The van der Waals surface area contributed by atoms with Crippen LogP contribution in [0.1, 0.15) is 26.7 Å². The molecule has 0 aromatic carbocycles. The number of thioether (sulfide) groups is 1. The van der Waals surface area contributed by atoms with E-state index in [-0.39, 0.29) is 17.9 Å². The van der Waals surface area contributed by atoms with Crippen LogP contribution in [0.15, 0.2) is 0 Å². The van der Waals surface area contributed by atoms with Crippen molar-refractivity contribution in [2.75, 3.05) is 18.8 Å². The Bertz CT molecular complexity index is 381. The normalized spacial score (nSPS) is 22.1. The van der Waals surface area contributed by atoms with Gasteiger partial charge >= 0.3 is 12.0 Å². The zero-order chi connectivity index (χ0) is 14.4. The molecule has 1 heterocycles. The molecule has 2 atom stereocenters. The molecule has 2 unspecified atom stereocenters. The molecular formula is C13H20N2O3S. The summed E-state index contributed by atoms with van der Waals surface area (Å²) in [6, 6.07) is -1.01. The van der Waals surface area contributed by atoms with Crippen molar-refractivity contribution in [3.63, 3.8) is 0 Å². The number of urea groups is 1. The highest BCUT2D eigenvalue weighted by atomic mass is 32.2. The molecule has 1 aliphatic rings. The number of hydrogen-bond donors (Lipinski definition) is 1. The monoisotopic (exact) mass is 284 g/mol. The molecule has 0 radical (unpaired) electrons. The summed E-state index contributed by atoms with van der Waals surface area (Å²) >= 11 is 1.51. The topological polar surface area (TPSA) is 60.9 Å². The van der Waals surface area contributed by atoms with Crippen molar-refractivity contribution in [1.82, 2.24) is 9.80 Å². The highest BCUT2D eigenvalue weighted by molar-refractivity contribution is 8.00. The fraction of sp³-hybridized carbons (Fsp3) is 0.692. The second-order valence-electron chi connectivity index (χ2n) is 4.37. The molecule has 1 aliphatic heterocycles. The van der Waals surface area contributed by atoms with Crippen LogP contribution in [0.3, 0.4) is 0 Å². The minimum Gasteiger partial charge on any atom is -0.480 e. The standard InChI is InChI=1S/C13H20N2O3S/c1-4-7-14(8-5-2)13(18)15-10(12(16)17)9-19-11(15)6-3/h1,10-11H,5-9H2,2-3H3,(H,16,17). The average molecular weight is 284 g/mol. The van der Waals surface area contributed by atoms with E-state index in [0.29, 0.717) is 12.3 Å². The van der Waals surface area contributed by atoms with Gasteiger partial charge < -0.3 is 10.0 Å². The number of amides is 2. The largest absolute Gasteiger partial charge is 0.480 e. The Kier molecular flexibility index (Phi) is 6.03. The van der Waals surface area contributed by atoms with Crippen molar-refractivity contribution in [2.45, 2.75) is 38.1 Å². The van der Waals surface area contributed by atoms with E-state index >= 15 is 0 Å². The van der Waals surface area contributed by atoms with Crippen molar-refractivity contribution in [2.24, 2.45) is 0 Å². The molecule has 106 valence electrons. The molecule has 0 aromatic rings. The fourth-order valence-electron chi connectivity index (χ4n) is 2.11. The summed E-state index contributed by atoms with van der Waals surface area (Å²) < 4.78 is 0. The lowest BCUT2D eigenvalue weighted by Gasteiger charge is -2.32. The van der Waals surface area contributed by atoms with Gasteiger partial charge in [0.2, 0.25) is 0 Å². The molecule has 19 heavy (non-hydrogen) atoms. The number of terminal acetylenes is 1. The maximum atomic E-state index is 12.5. The molecule has 0 aliphatic carbocycles.